The van der Waals surface area contributed by atoms with E-state index in [-0.39, 0.29) is 5.56 Å². The van der Waals surface area contributed by atoms with Crippen molar-refractivity contribution in [1.82, 2.24) is 14.6 Å². The van der Waals surface area contributed by atoms with Gasteiger partial charge in [0.05, 0.1) is 11.6 Å². The van der Waals surface area contributed by atoms with Crippen LogP contribution in [0.5, 0.6) is 5.75 Å². The summed E-state index contributed by atoms with van der Waals surface area (Å²) in [7, 11) is 1.62. The van der Waals surface area contributed by atoms with Crippen molar-refractivity contribution in [2.24, 2.45) is 0 Å². The molecule has 0 saturated carbocycles. The minimum Gasteiger partial charge on any atom is -0.497 e. The molecule has 2 heterocycles. The second-order valence-corrected chi connectivity index (χ2v) is 6.20. The number of hydrogen-bond acceptors (Lipinski definition) is 5. The normalized spacial score (nSPS) is 12.0. The van der Waals surface area contributed by atoms with E-state index < -0.39 is 0 Å². The number of methoxy groups -OCH3 is 1. The van der Waals surface area contributed by atoms with Gasteiger partial charge in [-0.2, -0.15) is 9.50 Å². The van der Waals surface area contributed by atoms with Gasteiger partial charge in [-0.25, -0.2) is 0 Å². The van der Waals surface area contributed by atoms with Gasteiger partial charge >= 0.3 is 0 Å². The first-order valence-corrected chi connectivity index (χ1v) is 8.17. The summed E-state index contributed by atoms with van der Waals surface area (Å²) < 4.78 is 7.16. The van der Waals surface area contributed by atoms with E-state index in [9.17, 15) is 4.79 Å². The molecule has 2 aromatic heterocycles. The molecule has 0 aliphatic carbocycles. The van der Waals surface area contributed by atoms with Crippen molar-refractivity contribution >= 4 is 22.4 Å². The summed E-state index contributed by atoms with van der Waals surface area (Å²) in [4.78, 5) is 17.6. The highest BCUT2D eigenvalue weighted by Crippen LogP contribution is 2.16. The second kappa shape index (κ2) is 5.90. The monoisotopic (exact) mass is 335 g/mol. The molecule has 0 fully saturated rings. The SMILES string of the molecule is COc1cccc(/C=c2\sc3nc(-c4ccccc4)nn3c2=O)c1. The first-order valence-electron chi connectivity index (χ1n) is 7.35. The standard InChI is InChI=1S/C18H13N3O2S/c1-23-14-9-5-6-12(10-14)11-15-17(22)21-18(24-15)19-16(20-21)13-7-3-2-4-8-13/h2-11H,1H3/b15-11-. The van der Waals surface area contributed by atoms with Crippen LogP contribution in [-0.2, 0) is 0 Å². The molecule has 5 nitrogen and oxygen atoms in total. The van der Waals surface area contributed by atoms with Gasteiger partial charge in [-0.1, -0.05) is 53.8 Å². The lowest BCUT2D eigenvalue weighted by molar-refractivity contribution is 0.414. The number of rotatable bonds is 3. The minimum absolute atomic E-state index is 0.160. The number of aromatic nitrogens is 3. The van der Waals surface area contributed by atoms with Crippen molar-refractivity contribution in [2.45, 2.75) is 0 Å². The zero-order valence-corrected chi connectivity index (χ0v) is 13.7. The number of nitrogens with zero attached hydrogens (tertiary/aromatic N) is 3. The van der Waals surface area contributed by atoms with E-state index in [4.69, 9.17) is 4.74 Å². The number of ether oxygens (including phenoxy) is 1. The first-order chi connectivity index (χ1) is 11.7. The highest BCUT2D eigenvalue weighted by Gasteiger charge is 2.11. The Hall–Kier alpha value is -2.99. The Morgan fingerprint density at radius 1 is 1.12 bits per heavy atom. The van der Waals surface area contributed by atoms with Crippen molar-refractivity contribution in [2.75, 3.05) is 7.11 Å². The molecule has 24 heavy (non-hydrogen) atoms. The zero-order chi connectivity index (χ0) is 16.5. The molecular weight excluding hydrogens is 322 g/mol. The van der Waals surface area contributed by atoms with Crippen LogP contribution in [0.15, 0.2) is 59.4 Å². The number of benzene rings is 2. The quantitative estimate of drug-likeness (QED) is 0.577. The van der Waals surface area contributed by atoms with Crippen molar-refractivity contribution in [3.05, 3.63) is 75.0 Å². The summed E-state index contributed by atoms with van der Waals surface area (Å²) in [6, 6.07) is 17.2. The van der Waals surface area contributed by atoms with Crippen LogP contribution in [0.1, 0.15) is 5.56 Å². The average molecular weight is 335 g/mol. The Bertz CT molecular complexity index is 1120. The summed E-state index contributed by atoms with van der Waals surface area (Å²) in [5.74, 6) is 1.31. The Morgan fingerprint density at radius 2 is 1.96 bits per heavy atom. The van der Waals surface area contributed by atoms with E-state index in [1.54, 1.807) is 7.11 Å². The maximum Gasteiger partial charge on any atom is 0.291 e. The van der Waals surface area contributed by atoms with Gasteiger partial charge in [-0.15, -0.1) is 5.10 Å². The molecule has 0 aliphatic heterocycles. The average Bonchev–Trinajstić information content (AvgIpc) is 3.16. The predicted octanol–water partition coefficient (Wildman–Crippen LogP) is 2.37. The van der Waals surface area contributed by atoms with Crippen LogP contribution in [0, 0.1) is 0 Å². The largest absolute Gasteiger partial charge is 0.497 e. The van der Waals surface area contributed by atoms with E-state index in [0.29, 0.717) is 15.3 Å². The molecule has 118 valence electrons. The van der Waals surface area contributed by atoms with Gasteiger partial charge in [0.15, 0.2) is 5.82 Å². The van der Waals surface area contributed by atoms with E-state index >= 15 is 0 Å². The third kappa shape index (κ3) is 2.57. The lowest BCUT2D eigenvalue weighted by atomic mass is 10.2. The van der Waals surface area contributed by atoms with Crippen LogP contribution in [0.2, 0.25) is 0 Å². The molecule has 0 unspecified atom stereocenters. The van der Waals surface area contributed by atoms with Crippen LogP contribution in [0.25, 0.3) is 22.4 Å². The molecule has 0 amide bonds. The Kier molecular flexibility index (Phi) is 3.59. The minimum atomic E-state index is -0.160. The predicted molar refractivity (Wildman–Crippen MR) is 94.3 cm³/mol. The fourth-order valence-electron chi connectivity index (χ4n) is 2.43. The van der Waals surface area contributed by atoms with Crippen molar-refractivity contribution in [3.63, 3.8) is 0 Å². The second-order valence-electron chi connectivity index (χ2n) is 5.19. The van der Waals surface area contributed by atoms with Crippen molar-refractivity contribution < 1.29 is 4.74 Å². The van der Waals surface area contributed by atoms with Crippen LogP contribution in [-0.4, -0.2) is 21.7 Å². The molecule has 2 aromatic carbocycles. The van der Waals surface area contributed by atoms with Crippen LogP contribution in [0.3, 0.4) is 0 Å². The number of fused-ring (bicyclic) bond motifs is 1. The summed E-state index contributed by atoms with van der Waals surface area (Å²) >= 11 is 1.33. The fraction of sp³-hybridized carbons (Fsp3) is 0.0556. The summed E-state index contributed by atoms with van der Waals surface area (Å²) in [5.41, 5.74) is 1.64. The Morgan fingerprint density at radius 3 is 2.71 bits per heavy atom. The Labute approximate surface area is 141 Å². The number of hydrogen-bond donors (Lipinski definition) is 0. The molecule has 4 aromatic rings. The number of thiazole rings is 1. The summed E-state index contributed by atoms with van der Waals surface area (Å²) in [6.45, 7) is 0. The molecule has 0 aliphatic rings. The molecule has 0 saturated heterocycles. The van der Waals surface area contributed by atoms with Gasteiger partial charge < -0.3 is 4.74 Å². The van der Waals surface area contributed by atoms with E-state index in [2.05, 4.69) is 10.1 Å². The molecule has 6 heteroatoms. The topological polar surface area (TPSA) is 56.5 Å². The van der Waals surface area contributed by atoms with Gasteiger partial charge in [0.2, 0.25) is 4.96 Å². The van der Waals surface area contributed by atoms with Crippen LogP contribution >= 0.6 is 11.3 Å². The summed E-state index contributed by atoms with van der Waals surface area (Å²) in [5, 5.41) is 4.34. The lowest BCUT2D eigenvalue weighted by Gasteiger charge is -1.99. The Balaban J connectivity index is 1.81. The molecule has 4 rings (SSSR count). The summed E-state index contributed by atoms with van der Waals surface area (Å²) in [6.07, 6.45) is 1.83. The van der Waals surface area contributed by atoms with Crippen molar-refractivity contribution in [3.8, 4) is 17.1 Å². The fourth-order valence-corrected chi connectivity index (χ4v) is 3.33. The zero-order valence-electron chi connectivity index (χ0n) is 12.8. The molecule has 0 radical (unpaired) electrons. The molecule has 0 N–H and O–H groups in total. The van der Waals surface area contributed by atoms with E-state index in [1.165, 1.54) is 15.9 Å². The van der Waals surface area contributed by atoms with Gasteiger partial charge in [0.1, 0.15) is 5.75 Å². The molecule has 0 spiro atoms. The lowest BCUT2D eigenvalue weighted by Crippen LogP contribution is -2.23. The smallest absolute Gasteiger partial charge is 0.291 e. The maximum atomic E-state index is 12.5. The molecular formula is C18H13N3O2S. The molecule has 0 bridgehead atoms. The van der Waals surface area contributed by atoms with Gasteiger partial charge in [-0.3, -0.25) is 4.79 Å². The van der Waals surface area contributed by atoms with Gasteiger partial charge in [0, 0.05) is 5.56 Å². The van der Waals surface area contributed by atoms with Crippen LogP contribution < -0.4 is 14.8 Å². The van der Waals surface area contributed by atoms with Gasteiger partial charge in [0.25, 0.3) is 5.56 Å². The molecule has 0 atom stereocenters. The van der Waals surface area contributed by atoms with E-state index in [1.807, 2.05) is 60.7 Å². The van der Waals surface area contributed by atoms with Gasteiger partial charge in [-0.05, 0) is 23.8 Å². The maximum absolute atomic E-state index is 12.5. The van der Waals surface area contributed by atoms with Crippen molar-refractivity contribution in [1.29, 1.82) is 0 Å². The third-order valence-corrected chi connectivity index (χ3v) is 4.56. The highest BCUT2D eigenvalue weighted by molar-refractivity contribution is 7.15. The van der Waals surface area contributed by atoms with Crippen LogP contribution in [0.4, 0.5) is 0 Å². The highest BCUT2D eigenvalue weighted by atomic mass is 32.1. The third-order valence-electron chi connectivity index (χ3n) is 3.61. The first kappa shape index (κ1) is 14.6. The van der Waals surface area contributed by atoms with E-state index in [0.717, 1.165) is 16.9 Å².